The summed E-state index contributed by atoms with van der Waals surface area (Å²) in [5.41, 5.74) is 2.16. The zero-order chi connectivity index (χ0) is 16.5. The molecule has 0 bridgehead atoms. The van der Waals surface area contributed by atoms with E-state index in [-0.39, 0.29) is 5.91 Å². The fourth-order valence-electron chi connectivity index (χ4n) is 2.50. The molecule has 24 heavy (non-hydrogen) atoms. The van der Waals surface area contributed by atoms with Crippen LogP contribution in [0, 0.1) is 0 Å². The van der Waals surface area contributed by atoms with Gasteiger partial charge in [0.05, 0.1) is 11.8 Å². The minimum Gasteiger partial charge on any atom is -0.436 e. The van der Waals surface area contributed by atoms with E-state index in [1.165, 1.54) is 0 Å². The number of rotatable bonds is 4. The van der Waals surface area contributed by atoms with E-state index >= 15 is 0 Å². The molecule has 2 aromatic carbocycles. The zero-order valence-corrected chi connectivity index (χ0v) is 13.6. The average molecular weight is 339 g/mol. The van der Waals surface area contributed by atoms with E-state index < -0.39 is 0 Å². The molecule has 1 amide bonds. The number of oxazole rings is 1. The maximum absolute atomic E-state index is 12.4. The van der Waals surface area contributed by atoms with Crippen LogP contribution in [0.4, 0.5) is 0 Å². The SMILES string of the molecule is O=C(NC1CC1)c1ccccc1-c1ncc(-c2ccc(Cl)cc2)o1. The van der Waals surface area contributed by atoms with Crippen molar-refractivity contribution in [2.45, 2.75) is 18.9 Å². The Kier molecular flexibility index (Phi) is 3.82. The van der Waals surface area contributed by atoms with Crippen molar-refractivity contribution in [3.05, 3.63) is 65.3 Å². The molecule has 1 aliphatic rings. The molecule has 0 spiro atoms. The van der Waals surface area contributed by atoms with Crippen LogP contribution in [0.15, 0.2) is 59.1 Å². The summed E-state index contributed by atoms with van der Waals surface area (Å²) in [4.78, 5) is 16.8. The minimum absolute atomic E-state index is 0.0839. The van der Waals surface area contributed by atoms with Crippen LogP contribution in [0.1, 0.15) is 23.2 Å². The molecule has 4 rings (SSSR count). The fraction of sp³-hybridized carbons (Fsp3) is 0.158. The predicted octanol–water partition coefficient (Wildman–Crippen LogP) is 4.55. The first-order valence-corrected chi connectivity index (χ1v) is 8.20. The monoisotopic (exact) mass is 338 g/mol. The van der Waals surface area contributed by atoms with Gasteiger partial charge in [-0.3, -0.25) is 4.79 Å². The Morgan fingerprint density at radius 2 is 1.88 bits per heavy atom. The molecule has 1 aromatic heterocycles. The lowest BCUT2D eigenvalue weighted by Crippen LogP contribution is -2.25. The topological polar surface area (TPSA) is 55.1 Å². The summed E-state index contributed by atoms with van der Waals surface area (Å²) < 4.78 is 5.87. The molecule has 0 unspecified atom stereocenters. The summed E-state index contributed by atoms with van der Waals surface area (Å²) in [6, 6.07) is 15.0. The van der Waals surface area contributed by atoms with E-state index in [1.54, 1.807) is 24.4 Å². The Bertz CT molecular complexity index is 882. The van der Waals surface area contributed by atoms with Crippen LogP contribution in [0.5, 0.6) is 0 Å². The standard InChI is InChI=1S/C19H15ClN2O2/c20-13-7-5-12(6-8-13)17-11-21-19(24-17)16-4-2-1-3-15(16)18(23)22-14-9-10-14/h1-8,11,14H,9-10H2,(H,22,23). The number of aromatic nitrogens is 1. The summed E-state index contributed by atoms with van der Waals surface area (Å²) in [7, 11) is 0. The summed E-state index contributed by atoms with van der Waals surface area (Å²) >= 11 is 5.91. The third kappa shape index (κ3) is 3.05. The number of amides is 1. The lowest BCUT2D eigenvalue weighted by Gasteiger charge is -2.07. The zero-order valence-electron chi connectivity index (χ0n) is 12.8. The van der Waals surface area contributed by atoms with Crippen LogP contribution in [0.3, 0.4) is 0 Å². The normalized spacial score (nSPS) is 13.7. The van der Waals surface area contributed by atoms with Crippen molar-refractivity contribution in [3.63, 3.8) is 0 Å². The lowest BCUT2D eigenvalue weighted by atomic mass is 10.1. The van der Waals surface area contributed by atoms with E-state index in [2.05, 4.69) is 10.3 Å². The van der Waals surface area contributed by atoms with Gasteiger partial charge in [0.25, 0.3) is 5.91 Å². The van der Waals surface area contributed by atoms with Crippen molar-refractivity contribution in [2.24, 2.45) is 0 Å². The van der Waals surface area contributed by atoms with Crippen molar-refractivity contribution < 1.29 is 9.21 Å². The molecule has 1 N–H and O–H groups in total. The Balaban J connectivity index is 1.67. The van der Waals surface area contributed by atoms with Crippen molar-refractivity contribution in [1.29, 1.82) is 0 Å². The van der Waals surface area contributed by atoms with E-state index in [4.69, 9.17) is 16.0 Å². The number of hydrogen-bond acceptors (Lipinski definition) is 3. The van der Waals surface area contributed by atoms with Gasteiger partial charge < -0.3 is 9.73 Å². The first-order chi connectivity index (χ1) is 11.7. The first-order valence-electron chi connectivity index (χ1n) is 7.83. The number of carbonyl (C=O) groups is 1. The Morgan fingerprint density at radius 1 is 1.12 bits per heavy atom. The first kappa shape index (κ1) is 15.0. The van der Waals surface area contributed by atoms with E-state index in [9.17, 15) is 4.79 Å². The van der Waals surface area contributed by atoms with Gasteiger partial charge in [0, 0.05) is 22.2 Å². The molecular formula is C19H15ClN2O2. The van der Waals surface area contributed by atoms with Crippen LogP contribution >= 0.6 is 11.6 Å². The second-order valence-corrected chi connectivity index (χ2v) is 6.27. The van der Waals surface area contributed by atoms with Gasteiger partial charge in [-0.1, -0.05) is 23.7 Å². The van der Waals surface area contributed by atoms with Crippen LogP contribution in [0.25, 0.3) is 22.8 Å². The molecule has 5 heteroatoms. The Morgan fingerprint density at radius 3 is 2.62 bits per heavy atom. The molecular weight excluding hydrogens is 324 g/mol. The van der Waals surface area contributed by atoms with Gasteiger partial charge in [0.15, 0.2) is 5.76 Å². The van der Waals surface area contributed by atoms with Crippen molar-refractivity contribution in [3.8, 4) is 22.8 Å². The molecule has 1 saturated carbocycles. The second-order valence-electron chi connectivity index (χ2n) is 5.83. The highest BCUT2D eigenvalue weighted by atomic mass is 35.5. The molecule has 1 aliphatic carbocycles. The Labute approximate surface area is 144 Å². The molecule has 0 aliphatic heterocycles. The van der Waals surface area contributed by atoms with Crippen LogP contribution in [-0.4, -0.2) is 16.9 Å². The molecule has 0 radical (unpaired) electrons. The summed E-state index contributed by atoms with van der Waals surface area (Å²) in [6.45, 7) is 0. The number of halogens is 1. The number of carbonyl (C=O) groups excluding carboxylic acids is 1. The fourth-order valence-corrected chi connectivity index (χ4v) is 2.63. The van der Waals surface area contributed by atoms with Gasteiger partial charge in [-0.05, 0) is 49.2 Å². The van der Waals surface area contributed by atoms with E-state index in [0.29, 0.717) is 33.8 Å². The van der Waals surface area contributed by atoms with Gasteiger partial charge in [-0.15, -0.1) is 0 Å². The Hall–Kier alpha value is -2.59. The number of nitrogens with one attached hydrogen (secondary N) is 1. The summed E-state index contributed by atoms with van der Waals surface area (Å²) in [6.07, 6.45) is 3.76. The van der Waals surface area contributed by atoms with Crippen molar-refractivity contribution >= 4 is 17.5 Å². The molecule has 0 saturated heterocycles. The lowest BCUT2D eigenvalue weighted by molar-refractivity contribution is 0.0951. The predicted molar refractivity (Wildman–Crippen MR) is 92.9 cm³/mol. The maximum Gasteiger partial charge on any atom is 0.252 e. The highest BCUT2D eigenvalue weighted by Crippen LogP contribution is 2.29. The molecule has 0 atom stereocenters. The molecule has 4 nitrogen and oxygen atoms in total. The van der Waals surface area contributed by atoms with Gasteiger partial charge in [0.2, 0.25) is 5.89 Å². The summed E-state index contributed by atoms with van der Waals surface area (Å²) in [5, 5.41) is 3.67. The third-order valence-electron chi connectivity index (χ3n) is 3.95. The molecule has 3 aromatic rings. The number of nitrogens with zero attached hydrogens (tertiary/aromatic N) is 1. The van der Waals surface area contributed by atoms with Crippen LogP contribution in [0.2, 0.25) is 5.02 Å². The van der Waals surface area contributed by atoms with Crippen LogP contribution < -0.4 is 5.32 Å². The molecule has 1 heterocycles. The quantitative estimate of drug-likeness (QED) is 0.759. The summed E-state index contributed by atoms with van der Waals surface area (Å²) in [5.74, 6) is 0.986. The van der Waals surface area contributed by atoms with Gasteiger partial charge in [-0.25, -0.2) is 4.98 Å². The molecule has 1 fully saturated rings. The van der Waals surface area contributed by atoms with Gasteiger partial charge in [0.1, 0.15) is 0 Å². The van der Waals surface area contributed by atoms with Gasteiger partial charge >= 0.3 is 0 Å². The number of hydrogen-bond donors (Lipinski definition) is 1. The minimum atomic E-state index is -0.0839. The smallest absolute Gasteiger partial charge is 0.252 e. The average Bonchev–Trinajstić information content (AvgIpc) is 3.28. The number of benzene rings is 2. The van der Waals surface area contributed by atoms with Crippen molar-refractivity contribution in [1.82, 2.24) is 10.3 Å². The molecule has 120 valence electrons. The van der Waals surface area contributed by atoms with E-state index in [0.717, 1.165) is 18.4 Å². The maximum atomic E-state index is 12.4. The van der Waals surface area contributed by atoms with Gasteiger partial charge in [-0.2, -0.15) is 0 Å². The highest BCUT2D eigenvalue weighted by Gasteiger charge is 2.25. The second kappa shape index (κ2) is 6.13. The highest BCUT2D eigenvalue weighted by molar-refractivity contribution is 6.30. The largest absolute Gasteiger partial charge is 0.436 e. The van der Waals surface area contributed by atoms with Crippen molar-refractivity contribution in [2.75, 3.05) is 0 Å². The van der Waals surface area contributed by atoms with E-state index in [1.807, 2.05) is 30.3 Å². The third-order valence-corrected chi connectivity index (χ3v) is 4.20. The van der Waals surface area contributed by atoms with Crippen LogP contribution in [-0.2, 0) is 0 Å².